The van der Waals surface area contributed by atoms with Gasteiger partial charge in [0.2, 0.25) is 5.54 Å². The third-order valence-electron chi connectivity index (χ3n) is 6.05. The van der Waals surface area contributed by atoms with E-state index < -0.39 is 17.6 Å². The number of hydrogen-bond acceptors (Lipinski definition) is 4. The van der Waals surface area contributed by atoms with E-state index in [0.29, 0.717) is 17.9 Å². The summed E-state index contributed by atoms with van der Waals surface area (Å²) in [4.78, 5) is 24.4. The molecular formula is C28H23N3O2. The van der Waals surface area contributed by atoms with Crippen LogP contribution in [0.25, 0.3) is 0 Å². The molecule has 0 radical (unpaired) electrons. The zero-order chi connectivity index (χ0) is 22.7. The first-order valence-corrected chi connectivity index (χ1v) is 10.8. The lowest BCUT2D eigenvalue weighted by atomic mass is 9.80. The number of aliphatic carboxylic acids is 1. The van der Waals surface area contributed by atoms with Gasteiger partial charge in [0.15, 0.2) is 0 Å². The van der Waals surface area contributed by atoms with E-state index in [9.17, 15) is 9.90 Å². The first-order chi connectivity index (χ1) is 16.2. The Morgan fingerprint density at radius 3 is 2.00 bits per heavy atom. The van der Waals surface area contributed by atoms with Crippen molar-refractivity contribution in [1.29, 1.82) is 0 Å². The number of amidine groups is 1. The molecule has 0 amide bonds. The minimum Gasteiger partial charge on any atom is -0.479 e. The summed E-state index contributed by atoms with van der Waals surface area (Å²) < 4.78 is 0. The number of pyridine rings is 1. The van der Waals surface area contributed by atoms with Gasteiger partial charge in [-0.25, -0.2) is 9.79 Å². The SMILES string of the molecule is O=C(O)[C@@]1(c2ccccc2)N=C(c2ccccc2)N(Cc2ccccc2)C1c1ccncc1. The zero-order valence-electron chi connectivity index (χ0n) is 18.0. The maximum absolute atomic E-state index is 13.1. The second-order valence-electron chi connectivity index (χ2n) is 8.04. The van der Waals surface area contributed by atoms with Crippen LogP contribution in [-0.2, 0) is 16.9 Å². The van der Waals surface area contributed by atoms with Crippen molar-refractivity contribution in [1.82, 2.24) is 9.88 Å². The Balaban J connectivity index is 1.78. The molecule has 1 aliphatic rings. The standard InChI is InChI=1S/C28H23N3O2/c32-27(33)28(24-14-8-3-9-15-24)25(22-16-18-29-19-17-22)31(20-21-10-4-1-5-11-21)26(30-28)23-12-6-2-7-13-23/h1-19,25H,20H2,(H,32,33)/t25?,28-/m0/s1. The van der Waals surface area contributed by atoms with Crippen molar-refractivity contribution < 1.29 is 9.90 Å². The van der Waals surface area contributed by atoms with Crippen molar-refractivity contribution in [3.8, 4) is 0 Å². The van der Waals surface area contributed by atoms with E-state index in [-0.39, 0.29) is 0 Å². The predicted molar refractivity (Wildman–Crippen MR) is 128 cm³/mol. The Hall–Kier alpha value is -4.25. The second-order valence-corrected chi connectivity index (χ2v) is 8.04. The summed E-state index contributed by atoms with van der Waals surface area (Å²) in [6, 6.07) is 32.4. The molecule has 3 aromatic carbocycles. The summed E-state index contributed by atoms with van der Waals surface area (Å²) in [5, 5.41) is 10.7. The molecule has 2 heterocycles. The van der Waals surface area contributed by atoms with Gasteiger partial charge in [0.1, 0.15) is 5.84 Å². The lowest BCUT2D eigenvalue weighted by molar-refractivity contribution is -0.145. The first kappa shape index (κ1) is 20.6. The summed E-state index contributed by atoms with van der Waals surface area (Å²) in [5.74, 6) is -0.327. The molecule has 162 valence electrons. The Labute approximate surface area is 192 Å². The van der Waals surface area contributed by atoms with Crippen LogP contribution in [0.3, 0.4) is 0 Å². The van der Waals surface area contributed by atoms with Gasteiger partial charge in [0.25, 0.3) is 0 Å². The summed E-state index contributed by atoms with van der Waals surface area (Å²) in [6.07, 6.45) is 3.41. The van der Waals surface area contributed by atoms with Crippen molar-refractivity contribution in [2.24, 2.45) is 4.99 Å². The molecule has 1 aromatic heterocycles. The number of carbonyl (C=O) groups is 1. The van der Waals surface area contributed by atoms with E-state index in [1.54, 1.807) is 12.4 Å². The zero-order valence-corrected chi connectivity index (χ0v) is 18.0. The highest BCUT2D eigenvalue weighted by Crippen LogP contribution is 2.49. The monoisotopic (exact) mass is 433 g/mol. The average Bonchev–Trinajstić information content (AvgIpc) is 3.22. The normalized spacial score (nSPS) is 19.8. The number of carboxylic acid groups (broad SMARTS) is 1. The van der Waals surface area contributed by atoms with Crippen molar-refractivity contribution in [2.75, 3.05) is 0 Å². The van der Waals surface area contributed by atoms with Crippen LogP contribution < -0.4 is 0 Å². The first-order valence-electron chi connectivity index (χ1n) is 10.8. The van der Waals surface area contributed by atoms with Crippen LogP contribution in [-0.4, -0.2) is 26.8 Å². The summed E-state index contributed by atoms with van der Waals surface area (Å²) in [5.41, 5.74) is 1.94. The van der Waals surface area contributed by atoms with E-state index in [0.717, 1.165) is 16.7 Å². The van der Waals surface area contributed by atoms with Gasteiger partial charge in [-0.1, -0.05) is 91.0 Å². The number of aliphatic imine (C=N–C) groups is 1. The molecule has 1 aliphatic heterocycles. The lowest BCUT2D eigenvalue weighted by Crippen LogP contribution is -2.43. The number of aromatic nitrogens is 1. The maximum Gasteiger partial charge on any atom is 0.338 e. The third kappa shape index (κ3) is 3.68. The van der Waals surface area contributed by atoms with Crippen molar-refractivity contribution in [3.63, 3.8) is 0 Å². The van der Waals surface area contributed by atoms with Gasteiger partial charge in [0.05, 0.1) is 6.04 Å². The molecule has 0 saturated heterocycles. The van der Waals surface area contributed by atoms with Gasteiger partial charge in [0, 0.05) is 24.5 Å². The van der Waals surface area contributed by atoms with Crippen LogP contribution in [0.15, 0.2) is 121 Å². The van der Waals surface area contributed by atoms with Crippen molar-refractivity contribution >= 4 is 11.8 Å². The number of rotatable bonds is 6. The number of carboxylic acids is 1. The van der Waals surface area contributed by atoms with E-state index in [1.165, 1.54) is 0 Å². The van der Waals surface area contributed by atoms with Gasteiger partial charge in [-0.3, -0.25) is 4.98 Å². The van der Waals surface area contributed by atoms with Gasteiger partial charge >= 0.3 is 5.97 Å². The van der Waals surface area contributed by atoms with Crippen LogP contribution in [0.5, 0.6) is 0 Å². The van der Waals surface area contributed by atoms with Gasteiger partial charge in [-0.05, 0) is 28.8 Å². The van der Waals surface area contributed by atoms with E-state index in [1.807, 2.05) is 91.0 Å². The topological polar surface area (TPSA) is 65.8 Å². The molecule has 4 aromatic rings. The molecule has 0 saturated carbocycles. The van der Waals surface area contributed by atoms with Crippen LogP contribution >= 0.6 is 0 Å². The molecular weight excluding hydrogens is 410 g/mol. The molecule has 33 heavy (non-hydrogen) atoms. The molecule has 5 heteroatoms. The molecule has 2 atom stereocenters. The van der Waals surface area contributed by atoms with Crippen LogP contribution in [0, 0.1) is 0 Å². The molecule has 1 N–H and O–H groups in total. The molecule has 0 aliphatic carbocycles. The van der Waals surface area contributed by atoms with Gasteiger partial charge in [-0.2, -0.15) is 0 Å². The predicted octanol–water partition coefficient (Wildman–Crippen LogP) is 5.07. The number of hydrogen-bond donors (Lipinski definition) is 1. The van der Waals surface area contributed by atoms with Gasteiger partial charge < -0.3 is 10.0 Å². The Morgan fingerprint density at radius 2 is 1.39 bits per heavy atom. The number of nitrogens with zero attached hydrogens (tertiary/aromatic N) is 3. The number of benzene rings is 3. The van der Waals surface area contributed by atoms with Gasteiger partial charge in [-0.15, -0.1) is 0 Å². The van der Waals surface area contributed by atoms with E-state index in [4.69, 9.17) is 4.99 Å². The largest absolute Gasteiger partial charge is 0.479 e. The second kappa shape index (κ2) is 8.71. The smallest absolute Gasteiger partial charge is 0.338 e. The van der Waals surface area contributed by atoms with Crippen LogP contribution in [0.4, 0.5) is 0 Å². The molecule has 0 bridgehead atoms. The summed E-state index contributed by atoms with van der Waals surface area (Å²) in [7, 11) is 0. The molecule has 0 fully saturated rings. The van der Waals surface area contributed by atoms with E-state index in [2.05, 4.69) is 22.0 Å². The average molecular weight is 434 g/mol. The summed E-state index contributed by atoms with van der Waals surface area (Å²) >= 11 is 0. The maximum atomic E-state index is 13.1. The van der Waals surface area contributed by atoms with Crippen LogP contribution in [0.1, 0.15) is 28.3 Å². The fraction of sp³-hybridized carbons (Fsp3) is 0.107. The minimum atomic E-state index is -1.51. The summed E-state index contributed by atoms with van der Waals surface area (Å²) in [6.45, 7) is 0.517. The van der Waals surface area contributed by atoms with Crippen LogP contribution in [0.2, 0.25) is 0 Å². The Bertz CT molecular complexity index is 1260. The Kier molecular flexibility index (Phi) is 5.45. The highest BCUT2D eigenvalue weighted by atomic mass is 16.4. The third-order valence-corrected chi connectivity index (χ3v) is 6.05. The molecule has 5 nitrogen and oxygen atoms in total. The molecule has 0 spiro atoms. The van der Waals surface area contributed by atoms with E-state index >= 15 is 0 Å². The molecule has 1 unspecified atom stereocenters. The fourth-order valence-corrected chi connectivity index (χ4v) is 4.57. The highest BCUT2D eigenvalue weighted by Gasteiger charge is 2.56. The lowest BCUT2D eigenvalue weighted by Gasteiger charge is -2.36. The fourth-order valence-electron chi connectivity index (χ4n) is 4.57. The quantitative estimate of drug-likeness (QED) is 0.461. The van der Waals surface area contributed by atoms with Crippen molar-refractivity contribution in [3.05, 3.63) is 138 Å². The highest BCUT2D eigenvalue weighted by molar-refractivity contribution is 6.04. The molecule has 5 rings (SSSR count). The Morgan fingerprint density at radius 1 is 0.818 bits per heavy atom. The van der Waals surface area contributed by atoms with Crippen molar-refractivity contribution in [2.45, 2.75) is 18.1 Å². The minimum absolute atomic E-state index is 0.517.